The molecule has 1 aliphatic heterocycles. The number of rotatable bonds is 6. The predicted molar refractivity (Wildman–Crippen MR) is 214 cm³/mol. The molecule has 0 atom stereocenters. The van der Waals surface area contributed by atoms with Crippen LogP contribution in [0.3, 0.4) is 0 Å². The van der Waals surface area contributed by atoms with E-state index < -0.39 is 0 Å². The van der Waals surface area contributed by atoms with Crippen LogP contribution in [-0.2, 0) is 5.41 Å². The van der Waals surface area contributed by atoms with Gasteiger partial charge in [0.25, 0.3) is 0 Å². The lowest BCUT2D eigenvalue weighted by Crippen LogP contribution is -2.26. The number of allylic oxidation sites excluding steroid dienone is 1. The Kier molecular flexibility index (Phi) is 6.88. The minimum Gasteiger partial charge on any atom is -0.454 e. The first kappa shape index (κ1) is 30.8. The van der Waals surface area contributed by atoms with E-state index in [-0.39, 0.29) is 5.41 Å². The first-order valence-electron chi connectivity index (χ1n) is 17.4. The largest absolute Gasteiger partial charge is 0.454 e. The zero-order chi connectivity index (χ0) is 35.0. The first-order chi connectivity index (χ1) is 24.8. The molecular weight excluding hydrogens is 623 g/mol. The number of fused-ring (bicyclic) bond motifs is 7. The van der Waals surface area contributed by atoms with Crippen LogP contribution in [0, 0.1) is 6.92 Å². The smallest absolute Gasteiger partial charge is 0.161 e. The molecule has 0 spiro atoms. The molecular formula is C47H37N3O. The number of hydrogen-bond acceptors (Lipinski definition) is 3. The molecule has 0 fully saturated rings. The molecule has 3 aromatic heterocycles. The molecule has 8 aromatic rings. The summed E-state index contributed by atoms with van der Waals surface area (Å²) in [6.07, 6.45) is 7.88. The van der Waals surface area contributed by atoms with Gasteiger partial charge in [-0.15, -0.1) is 0 Å². The number of benzene rings is 5. The number of para-hydroxylation sites is 2. The Morgan fingerprint density at radius 2 is 1.47 bits per heavy atom. The second-order valence-electron chi connectivity index (χ2n) is 13.9. The summed E-state index contributed by atoms with van der Waals surface area (Å²) in [6.45, 7) is 16.9. The summed E-state index contributed by atoms with van der Waals surface area (Å²) in [7, 11) is 0. The van der Waals surface area contributed by atoms with E-state index >= 15 is 0 Å². The average Bonchev–Trinajstić information content (AvgIpc) is 3.69. The van der Waals surface area contributed by atoms with E-state index in [1.807, 2.05) is 37.3 Å². The maximum atomic E-state index is 6.51. The van der Waals surface area contributed by atoms with E-state index in [0.29, 0.717) is 5.82 Å². The van der Waals surface area contributed by atoms with Crippen molar-refractivity contribution in [3.8, 4) is 39.5 Å². The van der Waals surface area contributed by atoms with Gasteiger partial charge in [0, 0.05) is 38.6 Å². The topological polar surface area (TPSA) is 43.9 Å². The van der Waals surface area contributed by atoms with Crippen molar-refractivity contribution in [1.82, 2.24) is 14.5 Å². The fourth-order valence-electron chi connectivity index (χ4n) is 8.13. The standard InChI is InChI=1S/C47H37N3O/c1-7-15-34-28(4)48-46(49-42(34)35-20-13-16-29(8-2)33(35)9-3)32-18-12-17-30(26-32)31-24-25-40-39(27-31)47(5,6)38-22-14-21-37-43(38)50(40)44-36-19-10-11-23-41(36)51-45(37)44/h7-27H,2-3H2,1,4-6H3/b15-7-. The Balaban J connectivity index is 1.21. The third-order valence-electron chi connectivity index (χ3n) is 10.6. The van der Waals surface area contributed by atoms with Gasteiger partial charge in [0.1, 0.15) is 11.1 Å². The average molecular weight is 660 g/mol. The molecule has 4 heterocycles. The Labute approximate surface area is 297 Å². The summed E-state index contributed by atoms with van der Waals surface area (Å²) in [5.41, 5.74) is 16.8. The van der Waals surface area contributed by atoms with E-state index in [0.717, 1.165) is 77.8 Å². The Morgan fingerprint density at radius 3 is 2.29 bits per heavy atom. The van der Waals surface area contributed by atoms with Crippen LogP contribution in [-0.4, -0.2) is 14.5 Å². The van der Waals surface area contributed by atoms with E-state index in [9.17, 15) is 0 Å². The molecule has 0 amide bonds. The van der Waals surface area contributed by atoms with Crippen molar-refractivity contribution in [2.75, 3.05) is 0 Å². The minimum absolute atomic E-state index is 0.231. The number of aryl methyl sites for hydroxylation is 1. The quantitative estimate of drug-likeness (QED) is 0.178. The van der Waals surface area contributed by atoms with Gasteiger partial charge in [-0.3, -0.25) is 0 Å². The number of aromatic nitrogens is 3. The lowest BCUT2D eigenvalue weighted by atomic mass is 9.74. The normalized spacial score (nSPS) is 13.3. The van der Waals surface area contributed by atoms with Crippen LogP contribution in [0.2, 0.25) is 0 Å². The third kappa shape index (κ3) is 4.46. The summed E-state index contributed by atoms with van der Waals surface area (Å²) in [5, 5.41) is 2.28. The van der Waals surface area contributed by atoms with Gasteiger partial charge in [-0.25, -0.2) is 9.97 Å². The lowest BCUT2D eigenvalue weighted by Gasteiger charge is -2.35. The number of furan rings is 1. The van der Waals surface area contributed by atoms with Gasteiger partial charge < -0.3 is 8.98 Å². The summed E-state index contributed by atoms with van der Waals surface area (Å²) in [6, 6.07) is 36.7. The maximum Gasteiger partial charge on any atom is 0.161 e. The lowest BCUT2D eigenvalue weighted by molar-refractivity contribution is 0.630. The van der Waals surface area contributed by atoms with Gasteiger partial charge in [0.15, 0.2) is 11.4 Å². The van der Waals surface area contributed by atoms with Crippen LogP contribution in [0.5, 0.6) is 0 Å². The van der Waals surface area contributed by atoms with Crippen LogP contribution in [0.1, 0.15) is 54.3 Å². The molecule has 51 heavy (non-hydrogen) atoms. The van der Waals surface area contributed by atoms with Crippen molar-refractivity contribution in [2.24, 2.45) is 0 Å². The molecule has 4 nitrogen and oxygen atoms in total. The second kappa shape index (κ2) is 11.4. The van der Waals surface area contributed by atoms with E-state index in [4.69, 9.17) is 14.4 Å². The van der Waals surface area contributed by atoms with Crippen molar-refractivity contribution >= 4 is 51.2 Å². The molecule has 5 aromatic carbocycles. The van der Waals surface area contributed by atoms with E-state index in [2.05, 4.69) is 136 Å². The van der Waals surface area contributed by atoms with Crippen LogP contribution in [0.15, 0.2) is 127 Å². The highest BCUT2D eigenvalue weighted by atomic mass is 16.3. The number of nitrogens with zero attached hydrogens (tertiary/aromatic N) is 3. The molecule has 0 N–H and O–H groups in total. The van der Waals surface area contributed by atoms with Crippen molar-refractivity contribution in [3.63, 3.8) is 0 Å². The highest BCUT2D eigenvalue weighted by molar-refractivity contribution is 6.17. The van der Waals surface area contributed by atoms with Gasteiger partial charge in [-0.05, 0) is 83.6 Å². The van der Waals surface area contributed by atoms with Crippen molar-refractivity contribution < 1.29 is 4.42 Å². The van der Waals surface area contributed by atoms with Gasteiger partial charge in [-0.1, -0.05) is 118 Å². The fourth-order valence-corrected chi connectivity index (χ4v) is 8.13. The Morgan fingerprint density at radius 1 is 0.706 bits per heavy atom. The van der Waals surface area contributed by atoms with Crippen molar-refractivity contribution in [2.45, 2.75) is 33.1 Å². The first-order valence-corrected chi connectivity index (χ1v) is 17.4. The molecule has 1 aliphatic rings. The molecule has 0 saturated heterocycles. The van der Waals surface area contributed by atoms with Crippen molar-refractivity contribution in [1.29, 1.82) is 0 Å². The molecule has 0 unspecified atom stereocenters. The van der Waals surface area contributed by atoms with Gasteiger partial charge >= 0.3 is 0 Å². The van der Waals surface area contributed by atoms with E-state index in [1.165, 1.54) is 22.3 Å². The molecule has 4 heteroatoms. The summed E-state index contributed by atoms with van der Waals surface area (Å²) in [5.74, 6) is 0.688. The Hall–Kier alpha value is -6.26. The highest BCUT2D eigenvalue weighted by Gasteiger charge is 2.36. The second-order valence-corrected chi connectivity index (χ2v) is 13.9. The molecule has 0 aliphatic carbocycles. The minimum atomic E-state index is -0.231. The summed E-state index contributed by atoms with van der Waals surface area (Å²) < 4.78 is 8.93. The Bertz CT molecular complexity index is 2790. The molecule has 246 valence electrons. The third-order valence-corrected chi connectivity index (χ3v) is 10.6. The molecule has 0 radical (unpaired) electrons. The summed E-state index contributed by atoms with van der Waals surface area (Å²) >= 11 is 0. The maximum absolute atomic E-state index is 6.51. The molecule has 9 rings (SSSR count). The van der Waals surface area contributed by atoms with E-state index in [1.54, 1.807) is 0 Å². The van der Waals surface area contributed by atoms with Crippen molar-refractivity contribution in [3.05, 3.63) is 156 Å². The molecule has 0 saturated carbocycles. The summed E-state index contributed by atoms with van der Waals surface area (Å²) in [4.78, 5) is 10.3. The van der Waals surface area contributed by atoms with Crippen LogP contribution in [0.25, 0.3) is 90.7 Å². The fraction of sp³-hybridized carbons (Fsp3) is 0.106. The van der Waals surface area contributed by atoms with Crippen LogP contribution < -0.4 is 0 Å². The zero-order valence-electron chi connectivity index (χ0n) is 29.3. The number of hydrogen-bond donors (Lipinski definition) is 0. The van der Waals surface area contributed by atoms with Gasteiger partial charge in [0.2, 0.25) is 0 Å². The predicted octanol–water partition coefficient (Wildman–Crippen LogP) is 12.6. The monoisotopic (exact) mass is 659 g/mol. The van der Waals surface area contributed by atoms with Gasteiger partial charge in [0.05, 0.1) is 16.9 Å². The van der Waals surface area contributed by atoms with Crippen LogP contribution >= 0.6 is 0 Å². The molecule has 0 bridgehead atoms. The highest BCUT2D eigenvalue weighted by Crippen LogP contribution is 2.50. The van der Waals surface area contributed by atoms with Crippen LogP contribution in [0.4, 0.5) is 0 Å². The van der Waals surface area contributed by atoms with Gasteiger partial charge in [-0.2, -0.15) is 0 Å². The SMILES string of the molecule is C=Cc1cccc(-c2nc(-c3cccc(-c4ccc5c(c4)C(C)(C)c4cccc6c7oc8ccccc8c7n-5c46)c3)nc(C)c2/C=C\C)c1C=C. The zero-order valence-corrected chi connectivity index (χ0v) is 29.3.